The minimum atomic E-state index is 0.208. The lowest BCUT2D eigenvalue weighted by atomic mass is 10.2. The Hall–Kier alpha value is -1.51. The summed E-state index contributed by atoms with van der Waals surface area (Å²) in [6.07, 6.45) is 0. The predicted molar refractivity (Wildman–Crippen MR) is 50.3 cm³/mol. The van der Waals surface area contributed by atoms with Gasteiger partial charge in [0.25, 0.3) is 6.47 Å². The normalized spacial score (nSPS) is 8.15. The molecule has 0 saturated carbocycles. The lowest BCUT2D eigenvalue weighted by Gasteiger charge is -1.97. The van der Waals surface area contributed by atoms with Crippen molar-refractivity contribution in [3.63, 3.8) is 0 Å². The van der Waals surface area contributed by atoms with Crippen LogP contribution < -0.4 is 0 Å². The molecule has 0 saturated heterocycles. The van der Waals surface area contributed by atoms with E-state index in [-0.39, 0.29) is 12.4 Å². The summed E-state index contributed by atoms with van der Waals surface area (Å²) in [4.78, 5) is 9.77. The molecule has 0 aliphatic carbocycles. The van der Waals surface area contributed by atoms with Gasteiger partial charge in [0.05, 0.1) is 0 Å². The van der Waals surface area contributed by atoms with Gasteiger partial charge in [-0.05, 0) is 17.7 Å². The number of rotatable bonds is 3. The summed E-state index contributed by atoms with van der Waals surface area (Å²) in [5.41, 5.74) is 0.856. The molecule has 3 nitrogen and oxygen atoms in total. The zero-order valence-electron chi connectivity index (χ0n) is 7.86. The van der Waals surface area contributed by atoms with E-state index in [1.807, 2.05) is 13.8 Å². The first-order valence-electron chi connectivity index (χ1n) is 4.16. The highest BCUT2D eigenvalue weighted by Crippen LogP contribution is 2.09. The first kappa shape index (κ1) is 11.5. The fourth-order valence-corrected chi connectivity index (χ4v) is 0.722. The van der Waals surface area contributed by atoms with Crippen LogP contribution in [0.15, 0.2) is 24.3 Å². The largest absolute Gasteiger partial charge is 0.508 e. The number of hydrogen-bond acceptors (Lipinski definition) is 3. The summed E-state index contributed by atoms with van der Waals surface area (Å²) in [5, 5.41) is 8.87. The second kappa shape index (κ2) is 7.16. The molecule has 13 heavy (non-hydrogen) atoms. The fraction of sp³-hybridized carbons (Fsp3) is 0.300. The summed E-state index contributed by atoms with van der Waals surface area (Å²) in [6, 6.07) is 6.48. The molecule has 0 aliphatic rings. The van der Waals surface area contributed by atoms with Crippen LogP contribution in [-0.4, -0.2) is 11.6 Å². The topological polar surface area (TPSA) is 46.5 Å². The fourth-order valence-electron chi connectivity index (χ4n) is 0.722. The van der Waals surface area contributed by atoms with Crippen molar-refractivity contribution in [1.82, 2.24) is 0 Å². The number of benzene rings is 1. The van der Waals surface area contributed by atoms with Gasteiger partial charge in [-0.3, -0.25) is 4.79 Å². The molecule has 72 valence electrons. The van der Waals surface area contributed by atoms with Gasteiger partial charge in [-0.1, -0.05) is 26.0 Å². The molecule has 0 spiro atoms. The van der Waals surface area contributed by atoms with Crippen molar-refractivity contribution < 1.29 is 14.6 Å². The van der Waals surface area contributed by atoms with Gasteiger partial charge in [-0.25, -0.2) is 0 Å². The Morgan fingerprint density at radius 1 is 1.31 bits per heavy atom. The minimum Gasteiger partial charge on any atom is -0.508 e. The summed E-state index contributed by atoms with van der Waals surface area (Å²) in [7, 11) is 0. The maximum Gasteiger partial charge on any atom is 0.293 e. The number of ether oxygens (including phenoxy) is 1. The van der Waals surface area contributed by atoms with E-state index in [1.54, 1.807) is 24.3 Å². The highest BCUT2D eigenvalue weighted by atomic mass is 16.5. The molecule has 0 aliphatic heterocycles. The number of carbonyl (C=O) groups excluding carboxylic acids is 1. The second-order valence-corrected chi connectivity index (χ2v) is 2.07. The van der Waals surface area contributed by atoms with Crippen LogP contribution in [0.25, 0.3) is 0 Å². The lowest BCUT2D eigenvalue weighted by molar-refractivity contribution is -0.129. The van der Waals surface area contributed by atoms with Crippen molar-refractivity contribution in [2.45, 2.75) is 20.5 Å². The van der Waals surface area contributed by atoms with E-state index in [2.05, 4.69) is 4.74 Å². The highest BCUT2D eigenvalue weighted by molar-refractivity contribution is 5.37. The van der Waals surface area contributed by atoms with Crippen LogP contribution in [0.3, 0.4) is 0 Å². The SMILES string of the molecule is CC.O=COCc1ccc(O)cc1. The molecule has 0 atom stereocenters. The molecule has 3 heteroatoms. The molecule has 1 aromatic rings. The third kappa shape index (κ3) is 4.85. The van der Waals surface area contributed by atoms with E-state index >= 15 is 0 Å². The Kier molecular flexibility index (Phi) is 6.32. The van der Waals surface area contributed by atoms with Gasteiger partial charge in [-0.2, -0.15) is 0 Å². The van der Waals surface area contributed by atoms with Gasteiger partial charge in [0.1, 0.15) is 12.4 Å². The zero-order valence-corrected chi connectivity index (χ0v) is 7.86. The quantitative estimate of drug-likeness (QED) is 0.728. The first-order valence-corrected chi connectivity index (χ1v) is 4.16. The average molecular weight is 182 g/mol. The van der Waals surface area contributed by atoms with Crippen LogP contribution in [0.1, 0.15) is 19.4 Å². The van der Waals surface area contributed by atoms with Crippen molar-refractivity contribution >= 4 is 6.47 Å². The van der Waals surface area contributed by atoms with E-state index in [0.717, 1.165) is 5.56 Å². The lowest BCUT2D eigenvalue weighted by Crippen LogP contribution is -1.88. The van der Waals surface area contributed by atoms with Crippen molar-refractivity contribution in [1.29, 1.82) is 0 Å². The maximum absolute atomic E-state index is 9.77. The van der Waals surface area contributed by atoms with Gasteiger partial charge in [0, 0.05) is 0 Å². The predicted octanol–water partition coefficient (Wildman–Crippen LogP) is 2.09. The average Bonchev–Trinajstić information content (AvgIpc) is 2.20. The molecule has 0 heterocycles. The molecule has 1 aromatic carbocycles. The Balaban J connectivity index is 0.000000671. The smallest absolute Gasteiger partial charge is 0.293 e. The molecule has 0 aromatic heterocycles. The third-order valence-electron chi connectivity index (χ3n) is 1.25. The second-order valence-electron chi connectivity index (χ2n) is 2.07. The van der Waals surface area contributed by atoms with E-state index in [1.165, 1.54) is 0 Å². The van der Waals surface area contributed by atoms with Crippen molar-refractivity contribution in [2.24, 2.45) is 0 Å². The Morgan fingerprint density at radius 3 is 2.31 bits per heavy atom. The first-order chi connectivity index (χ1) is 6.33. The summed E-state index contributed by atoms with van der Waals surface area (Å²) in [5.74, 6) is 0.208. The van der Waals surface area contributed by atoms with Crippen molar-refractivity contribution in [2.75, 3.05) is 0 Å². The minimum absolute atomic E-state index is 0.208. The Bertz CT molecular complexity index is 228. The molecule has 0 radical (unpaired) electrons. The molecule has 0 bridgehead atoms. The zero-order chi connectivity index (χ0) is 10.1. The number of hydrogen-bond donors (Lipinski definition) is 1. The summed E-state index contributed by atoms with van der Waals surface area (Å²) >= 11 is 0. The number of aromatic hydroxyl groups is 1. The number of phenolic OH excluding ortho intramolecular Hbond substituents is 1. The summed E-state index contributed by atoms with van der Waals surface area (Å²) < 4.78 is 4.50. The van der Waals surface area contributed by atoms with E-state index in [9.17, 15) is 4.79 Å². The van der Waals surface area contributed by atoms with E-state index in [0.29, 0.717) is 6.47 Å². The molecule has 1 N–H and O–H groups in total. The Labute approximate surface area is 78.0 Å². The van der Waals surface area contributed by atoms with Gasteiger partial charge in [0.2, 0.25) is 0 Å². The summed E-state index contributed by atoms with van der Waals surface area (Å²) in [6.45, 7) is 4.65. The van der Waals surface area contributed by atoms with Crippen molar-refractivity contribution in [3.8, 4) is 5.75 Å². The number of carbonyl (C=O) groups is 1. The highest BCUT2D eigenvalue weighted by Gasteiger charge is 1.91. The number of phenols is 1. The third-order valence-corrected chi connectivity index (χ3v) is 1.25. The van der Waals surface area contributed by atoms with Crippen LogP contribution in [-0.2, 0) is 16.1 Å². The molecule has 0 amide bonds. The van der Waals surface area contributed by atoms with Gasteiger partial charge in [-0.15, -0.1) is 0 Å². The Morgan fingerprint density at radius 2 is 1.85 bits per heavy atom. The molecule has 0 fully saturated rings. The van der Waals surface area contributed by atoms with Crippen LogP contribution in [0.5, 0.6) is 5.75 Å². The van der Waals surface area contributed by atoms with Crippen molar-refractivity contribution in [3.05, 3.63) is 29.8 Å². The monoisotopic (exact) mass is 182 g/mol. The van der Waals surface area contributed by atoms with Gasteiger partial charge in [0.15, 0.2) is 0 Å². The molecular weight excluding hydrogens is 168 g/mol. The molecule has 1 rings (SSSR count). The standard InChI is InChI=1S/C8H8O3.C2H6/c9-6-11-5-7-1-3-8(10)4-2-7;1-2/h1-4,6,10H,5H2;1-2H3. The van der Waals surface area contributed by atoms with Crippen LogP contribution in [0.2, 0.25) is 0 Å². The molecule has 0 unspecified atom stereocenters. The molecular formula is C10H14O3. The van der Waals surface area contributed by atoms with Crippen LogP contribution in [0.4, 0.5) is 0 Å². The van der Waals surface area contributed by atoms with E-state index < -0.39 is 0 Å². The van der Waals surface area contributed by atoms with Crippen LogP contribution >= 0.6 is 0 Å². The maximum atomic E-state index is 9.77. The van der Waals surface area contributed by atoms with Gasteiger partial charge < -0.3 is 9.84 Å². The van der Waals surface area contributed by atoms with Crippen LogP contribution in [0, 0.1) is 0 Å². The van der Waals surface area contributed by atoms with Gasteiger partial charge >= 0.3 is 0 Å². The van der Waals surface area contributed by atoms with E-state index in [4.69, 9.17) is 5.11 Å².